The van der Waals surface area contributed by atoms with Gasteiger partial charge in [-0.05, 0) is 91.1 Å². The smallest absolute Gasteiger partial charge is 0.251 e. The molecule has 4 N–H and O–H groups in total. The number of methoxy groups -OCH3 is 1. The number of carbonyl (C=O) groups excluding carboxylic acids is 2. The fourth-order valence-electron chi connectivity index (χ4n) is 10.5. The highest BCUT2D eigenvalue weighted by atomic mass is 35.5. The van der Waals surface area contributed by atoms with Crippen LogP contribution in [0.25, 0.3) is 11.3 Å². The van der Waals surface area contributed by atoms with E-state index >= 15 is 8.78 Å². The second-order valence-corrected chi connectivity index (χ2v) is 21.5. The van der Waals surface area contributed by atoms with Crippen LogP contribution in [0, 0.1) is 28.4 Å². The molecule has 0 bridgehead atoms. The lowest BCUT2D eigenvalue weighted by atomic mass is 9.62. The Morgan fingerprint density at radius 3 is 2.45 bits per heavy atom. The lowest BCUT2D eigenvalue weighted by Gasteiger charge is -2.37. The lowest BCUT2D eigenvalue weighted by Crippen LogP contribution is -2.45. The molecule has 2 aliphatic rings. The molecule has 4 aromatic carbocycles. The van der Waals surface area contributed by atoms with E-state index in [0.29, 0.717) is 32.1 Å². The molecule has 0 spiro atoms. The zero-order chi connectivity index (χ0) is 54.1. The molecule has 4 atom stereocenters. The van der Waals surface area contributed by atoms with Crippen molar-refractivity contribution in [2.75, 3.05) is 63.1 Å². The third kappa shape index (κ3) is 12.8. The van der Waals surface area contributed by atoms with E-state index in [9.17, 15) is 14.9 Å². The van der Waals surface area contributed by atoms with E-state index in [1.54, 1.807) is 6.20 Å². The van der Waals surface area contributed by atoms with E-state index in [1.165, 1.54) is 55.6 Å². The number of nitriles is 1. The van der Waals surface area contributed by atoms with Gasteiger partial charge in [0.25, 0.3) is 5.91 Å². The molecule has 1 aliphatic heterocycles. The van der Waals surface area contributed by atoms with Gasteiger partial charge in [-0.3, -0.25) is 9.59 Å². The van der Waals surface area contributed by atoms with Crippen molar-refractivity contribution in [1.29, 1.82) is 5.26 Å². The summed E-state index contributed by atoms with van der Waals surface area (Å²) in [7, 11) is 5.41. The predicted octanol–water partition coefficient (Wildman–Crippen LogP) is 10.2. The van der Waals surface area contributed by atoms with E-state index in [4.69, 9.17) is 47.5 Å². The number of ether oxygens (including phenoxy) is 3. The topological polar surface area (TPSA) is 181 Å². The Morgan fingerprint density at radius 1 is 0.961 bits per heavy atom. The number of rotatable bonds is 20. The van der Waals surface area contributed by atoms with Crippen LogP contribution >= 0.6 is 23.2 Å². The maximum absolute atomic E-state index is 16.2. The monoisotopic (exact) mass is 1080 g/mol. The summed E-state index contributed by atoms with van der Waals surface area (Å²) in [5.74, 6) is -2.20. The molecule has 2 aromatic heterocycles. The molecule has 1 saturated heterocycles. The van der Waals surface area contributed by atoms with Gasteiger partial charge in [0.2, 0.25) is 11.9 Å². The molecule has 8 rings (SSSR count). The van der Waals surface area contributed by atoms with Crippen LogP contribution in [0.1, 0.15) is 85.8 Å². The summed E-state index contributed by atoms with van der Waals surface area (Å²) in [6, 6.07) is 25.4. The van der Waals surface area contributed by atoms with Gasteiger partial charge in [0.1, 0.15) is 28.6 Å². The quantitative estimate of drug-likeness (QED) is 0.0532. The van der Waals surface area contributed by atoms with Crippen LogP contribution < -0.4 is 30.9 Å². The molecular weight excluding hydrogens is 1010 g/mol. The summed E-state index contributed by atoms with van der Waals surface area (Å²) < 4.78 is 51.8. The van der Waals surface area contributed by atoms with Gasteiger partial charge in [-0.1, -0.05) is 92.5 Å². The molecular formula is C57H64Cl2F2N10O5. The summed E-state index contributed by atoms with van der Waals surface area (Å²) in [4.78, 5) is 39.3. The molecule has 15 nitrogen and oxygen atoms in total. The van der Waals surface area contributed by atoms with Crippen LogP contribution in [0.2, 0.25) is 10.0 Å². The van der Waals surface area contributed by atoms with E-state index < -0.39 is 52.3 Å². The number of aromatic nitrogens is 4. The number of nitrogens with zero attached hydrogens (tertiary/aromatic N) is 6. The summed E-state index contributed by atoms with van der Waals surface area (Å²) >= 11 is 12.5. The van der Waals surface area contributed by atoms with Crippen molar-refractivity contribution in [1.82, 2.24) is 30.4 Å². The van der Waals surface area contributed by atoms with Crippen molar-refractivity contribution >= 4 is 52.5 Å². The van der Waals surface area contributed by atoms with Gasteiger partial charge in [-0.2, -0.15) is 10.4 Å². The zero-order valence-corrected chi connectivity index (χ0v) is 45.0. The maximum atomic E-state index is 16.2. The number of hydrogen-bond acceptors (Lipinski definition) is 12. The summed E-state index contributed by atoms with van der Waals surface area (Å²) in [6.45, 7) is 7.77. The predicted molar refractivity (Wildman–Crippen MR) is 291 cm³/mol. The Labute approximate surface area is 452 Å². The first kappa shape index (κ1) is 55.5. The summed E-state index contributed by atoms with van der Waals surface area (Å²) in [6.07, 6.45) is 7.60. The minimum atomic E-state index is -1.81. The van der Waals surface area contributed by atoms with Crippen LogP contribution in [0.15, 0.2) is 103 Å². The minimum absolute atomic E-state index is 0.0373. The molecule has 2 amide bonds. The van der Waals surface area contributed by atoms with Gasteiger partial charge < -0.3 is 40.4 Å². The largest absolute Gasteiger partial charge is 0.495 e. The molecule has 0 radical (unpaired) electrons. The van der Waals surface area contributed by atoms with Crippen molar-refractivity contribution in [3.05, 3.63) is 147 Å². The number of anilines is 3. The van der Waals surface area contributed by atoms with Gasteiger partial charge in [-0.25, -0.2) is 23.4 Å². The van der Waals surface area contributed by atoms with Crippen LogP contribution in [0.4, 0.5) is 26.2 Å². The molecule has 1 aliphatic carbocycles. The minimum Gasteiger partial charge on any atom is -0.495 e. The number of halogens is 4. The van der Waals surface area contributed by atoms with Crippen LogP contribution in [-0.2, 0) is 26.2 Å². The number of nitrogens with one attached hydrogen (secondary N) is 4. The van der Waals surface area contributed by atoms with Gasteiger partial charge in [0.05, 0.1) is 79.9 Å². The Kier molecular flexibility index (Phi) is 17.9. The molecule has 400 valence electrons. The normalized spacial score (nSPS) is 20.4. The number of hydrogen-bond donors (Lipinski definition) is 4. The first-order valence-corrected chi connectivity index (χ1v) is 26.2. The third-order valence-corrected chi connectivity index (χ3v) is 14.4. The Balaban J connectivity index is 0.811. The second kappa shape index (κ2) is 24.5. The first-order valence-electron chi connectivity index (χ1n) is 25.4. The van der Waals surface area contributed by atoms with Crippen LogP contribution in [-0.4, -0.2) is 103 Å². The third-order valence-electron chi connectivity index (χ3n) is 13.9. The maximum Gasteiger partial charge on any atom is 0.251 e. The SMILES string of the molecule is COc1cc(C(=O)NCCOCCO[C@H]2CC[C@H](Nc3nccc(-c4cnn(Cc5ccccc5)c4N(C)C)n3)CC2)ccc1NC(=O)[C@@H]1NC(CC(C)(C)C)[C@](C#N)(c2ccc(Cl)cc2F)C1c1cccc(Cl)c1F. The Bertz CT molecular complexity index is 3030. The van der Waals surface area contributed by atoms with Gasteiger partial charge in [-0.15, -0.1) is 0 Å². The summed E-state index contributed by atoms with van der Waals surface area (Å²) in [5, 5.41) is 28.3. The van der Waals surface area contributed by atoms with Gasteiger partial charge in [0, 0.05) is 61.0 Å². The van der Waals surface area contributed by atoms with Crippen molar-refractivity contribution in [2.24, 2.45) is 5.41 Å². The molecule has 19 heteroatoms. The molecule has 2 fully saturated rings. The lowest BCUT2D eigenvalue weighted by molar-refractivity contribution is -0.118. The van der Waals surface area contributed by atoms with E-state index in [-0.39, 0.29) is 63.5 Å². The highest BCUT2D eigenvalue weighted by Gasteiger charge is 2.61. The number of amides is 2. The van der Waals surface area contributed by atoms with Gasteiger partial charge >= 0.3 is 0 Å². The average molecular weight is 1080 g/mol. The second-order valence-electron chi connectivity index (χ2n) is 20.6. The Hall–Kier alpha value is -6.68. The van der Waals surface area contributed by atoms with Crippen molar-refractivity contribution in [2.45, 2.75) is 95.0 Å². The van der Waals surface area contributed by atoms with Crippen molar-refractivity contribution in [3.8, 4) is 23.1 Å². The fourth-order valence-corrected chi connectivity index (χ4v) is 10.8. The van der Waals surface area contributed by atoms with Crippen molar-refractivity contribution in [3.63, 3.8) is 0 Å². The number of benzene rings is 4. The highest BCUT2D eigenvalue weighted by Crippen LogP contribution is 2.53. The van der Waals surface area contributed by atoms with E-state index in [1.807, 2.05) is 70.0 Å². The van der Waals surface area contributed by atoms with Crippen LogP contribution in [0.5, 0.6) is 5.75 Å². The van der Waals surface area contributed by atoms with Crippen molar-refractivity contribution < 1.29 is 32.6 Å². The molecule has 76 heavy (non-hydrogen) atoms. The first-order chi connectivity index (χ1) is 36.5. The standard InChI is InChI=1S/C57H64Cl2F2N10O5/c1-56(2,3)31-48-57(34-62,42-21-16-37(58)30-44(42)60)49(40-13-10-14-43(59)50(40)61)51(69-48)53(73)67-46-22-15-36(29-47(46)74-6)52(72)63-25-26-75-27-28-76-39-19-17-38(18-20-39)66-55-64-24-23-45(68-55)41-32-65-71(54(41)70(4)5)33-35-11-8-7-9-12-35/h7-16,21-24,29-30,32,38-39,48-49,51,69H,17-20,25-28,31,33H2,1-6H3,(H,63,72)(H,67,73)(H,64,66,68)/t38-,39-,48?,49?,51-,57+/m1/s1. The molecule has 2 unspecified atom stereocenters. The zero-order valence-electron chi connectivity index (χ0n) is 43.5. The highest BCUT2D eigenvalue weighted by molar-refractivity contribution is 6.31. The van der Waals surface area contributed by atoms with Gasteiger partial charge in [0.15, 0.2) is 0 Å². The summed E-state index contributed by atoms with van der Waals surface area (Å²) in [5.41, 5.74) is 1.06. The average Bonchev–Trinajstić information content (AvgIpc) is 4.03. The van der Waals surface area contributed by atoms with Crippen LogP contribution in [0.3, 0.4) is 0 Å². The molecule has 1 saturated carbocycles. The molecule has 6 aromatic rings. The molecule has 3 heterocycles. The number of carbonyl (C=O) groups is 2. The van der Waals surface area contributed by atoms with E-state index in [2.05, 4.69) is 49.4 Å². The van der Waals surface area contributed by atoms with E-state index in [0.717, 1.165) is 54.4 Å². The fraction of sp³-hybridized carbons (Fsp3) is 0.404. The Morgan fingerprint density at radius 2 is 1.74 bits per heavy atom.